The molecule has 0 aliphatic carbocycles. The largest absolute Gasteiger partial charge is 0.501 e. The summed E-state index contributed by atoms with van der Waals surface area (Å²) in [5, 5.41) is 0. The molecule has 107 valence electrons. The van der Waals surface area contributed by atoms with Gasteiger partial charge in [0.2, 0.25) is 0 Å². The van der Waals surface area contributed by atoms with E-state index in [-0.39, 0.29) is 11.2 Å². The Morgan fingerprint density at radius 3 is 2.40 bits per heavy atom. The number of allylic oxidation sites excluding steroid dienone is 1. The van der Waals surface area contributed by atoms with Gasteiger partial charge in [-0.3, -0.25) is 4.79 Å². The molecule has 3 radical (unpaired) electrons. The number of ketones is 1. The van der Waals surface area contributed by atoms with Gasteiger partial charge in [0, 0.05) is 6.08 Å². The fourth-order valence-electron chi connectivity index (χ4n) is 1.74. The van der Waals surface area contributed by atoms with E-state index in [0.717, 1.165) is 11.5 Å². The third kappa shape index (κ3) is 5.60. The van der Waals surface area contributed by atoms with Crippen LogP contribution in [-0.4, -0.2) is 12.4 Å². The molecule has 1 aromatic rings. The van der Waals surface area contributed by atoms with Crippen LogP contribution in [0.1, 0.15) is 33.3 Å². The van der Waals surface area contributed by atoms with Crippen molar-refractivity contribution in [2.24, 2.45) is 5.41 Å². The predicted molar refractivity (Wildman–Crippen MR) is 82.6 cm³/mol. The van der Waals surface area contributed by atoms with Crippen molar-refractivity contribution in [3.63, 3.8) is 0 Å². The molecular formula is C18H23O2. The van der Waals surface area contributed by atoms with Gasteiger partial charge in [-0.05, 0) is 30.7 Å². The van der Waals surface area contributed by atoms with Crippen LogP contribution in [0.3, 0.4) is 0 Å². The lowest BCUT2D eigenvalue weighted by molar-refractivity contribution is -0.114. The maximum absolute atomic E-state index is 12.2. The first-order chi connectivity index (χ1) is 9.45. The van der Waals surface area contributed by atoms with E-state index in [2.05, 4.69) is 0 Å². The number of carbonyl (C=O) groups is 1. The summed E-state index contributed by atoms with van der Waals surface area (Å²) < 4.78 is 5.09. The van der Waals surface area contributed by atoms with Crippen molar-refractivity contribution in [1.29, 1.82) is 0 Å². The molecule has 0 bridgehead atoms. The Labute approximate surface area is 122 Å². The molecule has 0 aliphatic rings. The van der Waals surface area contributed by atoms with E-state index in [4.69, 9.17) is 4.74 Å². The van der Waals surface area contributed by atoms with E-state index < -0.39 is 0 Å². The maximum atomic E-state index is 12.2. The second-order valence-corrected chi connectivity index (χ2v) is 5.53. The SMILES string of the molecule is CCOC=CC(=O)[C]([CH][CH]c1ccccc1)C(C)(C)C. The topological polar surface area (TPSA) is 26.3 Å². The summed E-state index contributed by atoms with van der Waals surface area (Å²) in [6.07, 6.45) is 6.81. The summed E-state index contributed by atoms with van der Waals surface area (Å²) >= 11 is 0. The maximum Gasteiger partial charge on any atom is 0.166 e. The van der Waals surface area contributed by atoms with Gasteiger partial charge < -0.3 is 4.74 Å². The zero-order valence-electron chi connectivity index (χ0n) is 12.7. The molecule has 0 aliphatic heterocycles. The third-order valence-corrected chi connectivity index (χ3v) is 2.80. The van der Waals surface area contributed by atoms with E-state index in [1.54, 1.807) is 0 Å². The predicted octanol–water partition coefficient (Wildman–Crippen LogP) is 4.18. The number of benzene rings is 1. The molecule has 0 saturated heterocycles. The molecule has 1 aromatic carbocycles. The Balaban J connectivity index is 2.68. The van der Waals surface area contributed by atoms with Gasteiger partial charge in [-0.25, -0.2) is 0 Å². The highest BCUT2D eigenvalue weighted by Crippen LogP contribution is 2.33. The third-order valence-electron chi connectivity index (χ3n) is 2.80. The molecule has 0 atom stereocenters. The van der Waals surface area contributed by atoms with Gasteiger partial charge in [0.1, 0.15) is 0 Å². The zero-order chi connectivity index (χ0) is 15.0. The van der Waals surface area contributed by atoms with Crippen LogP contribution in [0.25, 0.3) is 0 Å². The highest BCUT2D eigenvalue weighted by atomic mass is 16.5. The molecule has 20 heavy (non-hydrogen) atoms. The lowest BCUT2D eigenvalue weighted by Gasteiger charge is -2.27. The molecule has 0 N–H and O–H groups in total. The second-order valence-electron chi connectivity index (χ2n) is 5.53. The van der Waals surface area contributed by atoms with Crippen molar-refractivity contribution in [1.82, 2.24) is 0 Å². The van der Waals surface area contributed by atoms with Crippen molar-refractivity contribution in [3.8, 4) is 0 Å². The second kappa shape index (κ2) is 7.88. The fourth-order valence-corrected chi connectivity index (χ4v) is 1.74. The van der Waals surface area contributed by atoms with Crippen LogP contribution in [0.15, 0.2) is 42.7 Å². The number of rotatable bonds is 7. The Kier molecular flexibility index (Phi) is 6.50. The summed E-state index contributed by atoms with van der Waals surface area (Å²) in [4.78, 5) is 12.2. The monoisotopic (exact) mass is 271 g/mol. The molecule has 0 aromatic heterocycles. The average molecular weight is 271 g/mol. The fraction of sp³-hybridized carbons (Fsp3) is 0.333. The van der Waals surface area contributed by atoms with E-state index >= 15 is 0 Å². The van der Waals surface area contributed by atoms with E-state index in [1.807, 2.05) is 70.9 Å². The van der Waals surface area contributed by atoms with Gasteiger partial charge in [0.25, 0.3) is 0 Å². The van der Waals surface area contributed by atoms with E-state index in [9.17, 15) is 4.79 Å². The summed E-state index contributed by atoms with van der Waals surface area (Å²) in [7, 11) is 0. The number of hydrogen-bond donors (Lipinski definition) is 0. The Morgan fingerprint density at radius 1 is 1.20 bits per heavy atom. The molecule has 2 nitrogen and oxygen atoms in total. The van der Waals surface area contributed by atoms with Crippen LogP contribution in [-0.2, 0) is 9.53 Å². The Hall–Kier alpha value is -1.57. The summed E-state index contributed by atoms with van der Waals surface area (Å²) in [6.45, 7) is 8.55. The molecule has 0 amide bonds. The standard InChI is InChI=1S/C18H23O2/c1-5-20-14-13-17(19)16(18(2,3)4)12-11-15-9-7-6-8-10-15/h6-14H,5H2,1-4H3. The van der Waals surface area contributed by atoms with Crippen molar-refractivity contribution in [2.75, 3.05) is 6.61 Å². The lowest BCUT2D eigenvalue weighted by atomic mass is 9.75. The quantitative estimate of drug-likeness (QED) is 0.549. The van der Waals surface area contributed by atoms with Crippen LogP contribution in [0.2, 0.25) is 0 Å². The van der Waals surface area contributed by atoms with Gasteiger partial charge in [-0.2, -0.15) is 0 Å². The first-order valence-corrected chi connectivity index (χ1v) is 6.88. The van der Waals surface area contributed by atoms with Crippen LogP contribution in [0, 0.1) is 24.2 Å². The number of ether oxygens (including phenoxy) is 1. The van der Waals surface area contributed by atoms with Gasteiger partial charge >= 0.3 is 0 Å². The van der Waals surface area contributed by atoms with E-state index in [0.29, 0.717) is 6.61 Å². The summed E-state index contributed by atoms with van der Waals surface area (Å²) in [5.74, 6) is 0.746. The molecule has 1 rings (SSSR count). The van der Waals surface area contributed by atoms with Gasteiger partial charge in [0.05, 0.1) is 18.8 Å². The van der Waals surface area contributed by atoms with E-state index in [1.165, 1.54) is 12.3 Å². The first-order valence-electron chi connectivity index (χ1n) is 6.88. The molecule has 0 unspecified atom stereocenters. The minimum Gasteiger partial charge on any atom is -0.501 e. The highest BCUT2D eigenvalue weighted by Gasteiger charge is 2.30. The first kappa shape index (κ1) is 16.5. The van der Waals surface area contributed by atoms with Gasteiger partial charge in [0.15, 0.2) is 5.78 Å². The van der Waals surface area contributed by atoms with Crippen LogP contribution in [0.5, 0.6) is 0 Å². The lowest BCUT2D eigenvalue weighted by Crippen LogP contribution is -2.26. The highest BCUT2D eigenvalue weighted by molar-refractivity contribution is 6.03. The number of hydrogen-bond acceptors (Lipinski definition) is 2. The average Bonchev–Trinajstić information content (AvgIpc) is 2.39. The normalized spacial score (nSPS) is 12.1. The minimum absolute atomic E-state index is 0.0156. The van der Waals surface area contributed by atoms with Crippen molar-refractivity contribution >= 4 is 5.78 Å². The summed E-state index contributed by atoms with van der Waals surface area (Å²) in [6, 6.07) is 9.96. The smallest absolute Gasteiger partial charge is 0.166 e. The van der Waals surface area contributed by atoms with Crippen molar-refractivity contribution in [3.05, 3.63) is 67.0 Å². The van der Waals surface area contributed by atoms with Crippen molar-refractivity contribution < 1.29 is 9.53 Å². The Bertz CT molecular complexity index is 426. The molecular weight excluding hydrogens is 248 g/mol. The molecule has 0 spiro atoms. The molecule has 0 fully saturated rings. The Morgan fingerprint density at radius 2 is 1.85 bits per heavy atom. The van der Waals surface area contributed by atoms with Gasteiger partial charge in [-0.1, -0.05) is 51.1 Å². The van der Waals surface area contributed by atoms with Crippen LogP contribution >= 0.6 is 0 Å². The number of carbonyl (C=O) groups excluding carboxylic acids is 1. The summed E-state index contributed by atoms with van der Waals surface area (Å²) in [5.41, 5.74) is 0.870. The van der Waals surface area contributed by atoms with Crippen LogP contribution in [0.4, 0.5) is 0 Å². The molecule has 0 saturated carbocycles. The molecule has 0 heterocycles. The van der Waals surface area contributed by atoms with Gasteiger partial charge in [-0.15, -0.1) is 0 Å². The molecule has 2 heteroatoms. The minimum atomic E-state index is -0.209. The van der Waals surface area contributed by atoms with Crippen LogP contribution < -0.4 is 0 Å². The zero-order valence-corrected chi connectivity index (χ0v) is 12.7. The van der Waals surface area contributed by atoms with Crippen molar-refractivity contribution in [2.45, 2.75) is 27.7 Å².